The van der Waals surface area contributed by atoms with Gasteiger partial charge in [-0.05, 0) is 31.2 Å². The number of phenolic OH excluding ortho intramolecular Hbond substituents is 1. The minimum Gasteiger partial charge on any atom is -0.508 e. The molecule has 0 radical (unpaired) electrons. The van der Waals surface area contributed by atoms with E-state index in [0.717, 1.165) is 11.3 Å². The SMILES string of the molecule is Cc1c(F)cccc1NC1COc2cc(O)ccc21. The summed E-state index contributed by atoms with van der Waals surface area (Å²) in [5.41, 5.74) is 2.32. The number of rotatable bonds is 2. The van der Waals surface area contributed by atoms with Crippen LogP contribution in [0.4, 0.5) is 10.1 Å². The number of aromatic hydroxyl groups is 1. The third-order valence-corrected chi connectivity index (χ3v) is 3.38. The van der Waals surface area contributed by atoms with Gasteiger partial charge in [0.1, 0.15) is 23.9 Å². The van der Waals surface area contributed by atoms with E-state index in [2.05, 4.69) is 5.32 Å². The van der Waals surface area contributed by atoms with Crippen LogP contribution in [0.3, 0.4) is 0 Å². The second kappa shape index (κ2) is 4.46. The Bertz CT molecular complexity index is 628. The van der Waals surface area contributed by atoms with Crippen LogP contribution in [-0.4, -0.2) is 11.7 Å². The van der Waals surface area contributed by atoms with Crippen molar-refractivity contribution in [3.8, 4) is 11.5 Å². The van der Waals surface area contributed by atoms with Crippen LogP contribution in [0, 0.1) is 12.7 Å². The molecule has 0 fully saturated rings. The van der Waals surface area contributed by atoms with Crippen LogP contribution in [0.5, 0.6) is 11.5 Å². The van der Waals surface area contributed by atoms with Crippen molar-refractivity contribution in [1.29, 1.82) is 0 Å². The monoisotopic (exact) mass is 259 g/mol. The van der Waals surface area contributed by atoms with E-state index in [1.807, 2.05) is 12.1 Å². The van der Waals surface area contributed by atoms with Crippen molar-refractivity contribution in [3.05, 3.63) is 53.3 Å². The second-order valence-electron chi connectivity index (χ2n) is 4.64. The fourth-order valence-corrected chi connectivity index (χ4v) is 2.27. The molecule has 0 aromatic heterocycles. The summed E-state index contributed by atoms with van der Waals surface area (Å²) in [6, 6.07) is 9.98. The molecular weight excluding hydrogens is 245 g/mol. The van der Waals surface area contributed by atoms with Crippen molar-refractivity contribution in [2.45, 2.75) is 13.0 Å². The summed E-state index contributed by atoms with van der Waals surface area (Å²) in [4.78, 5) is 0. The van der Waals surface area contributed by atoms with Gasteiger partial charge in [-0.2, -0.15) is 0 Å². The molecule has 2 aromatic rings. The number of benzene rings is 2. The average Bonchev–Trinajstić information content (AvgIpc) is 2.77. The zero-order valence-corrected chi connectivity index (χ0v) is 10.5. The molecule has 2 aromatic carbocycles. The number of hydrogen-bond donors (Lipinski definition) is 2. The lowest BCUT2D eigenvalue weighted by atomic mass is 10.1. The Hall–Kier alpha value is -2.23. The van der Waals surface area contributed by atoms with Gasteiger partial charge in [-0.3, -0.25) is 0 Å². The lowest BCUT2D eigenvalue weighted by Gasteiger charge is -2.15. The third kappa shape index (κ3) is 2.10. The van der Waals surface area contributed by atoms with E-state index >= 15 is 0 Å². The molecule has 1 heterocycles. The van der Waals surface area contributed by atoms with Crippen LogP contribution < -0.4 is 10.1 Å². The highest BCUT2D eigenvalue weighted by Gasteiger charge is 2.24. The standard InChI is InChI=1S/C15H14FNO2/c1-9-12(16)3-2-4-13(9)17-14-8-19-15-7-10(18)5-6-11(14)15/h2-7,14,17-18H,8H2,1H3. The molecule has 0 bridgehead atoms. The Morgan fingerprint density at radius 2 is 2.16 bits per heavy atom. The van der Waals surface area contributed by atoms with Crippen LogP contribution in [0.15, 0.2) is 36.4 Å². The van der Waals surface area contributed by atoms with Crippen molar-refractivity contribution in [3.63, 3.8) is 0 Å². The van der Waals surface area contributed by atoms with Crippen molar-refractivity contribution in [2.75, 3.05) is 11.9 Å². The van der Waals surface area contributed by atoms with Gasteiger partial charge in [0, 0.05) is 22.9 Å². The highest BCUT2D eigenvalue weighted by molar-refractivity contribution is 5.55. The molecule has 3 nitrogen and oxygen atoms in total. The molecule has 1 atom stereocenters. The van der Waals surface area contributed by atoms with Crippen molar-refractivity contribution in [2.24, 2.45) is 0 Å². The summed E-state index contributed by atoms with van der Waals surface area (Å²) in [6.45, 7) is 2.21. The van der Waals surface area contributed by atoms with Crippen LogP contribution in [0.25, 0.3) is 0 Å². The number of nitrogens with one attached hydrogen (secondary N) is 1. The van der Waals surface area contributed by atoms with E-state index in [1.54, 1.807) is 25.1 Å². The summed E-state index contributed by atoms with van der Waals surface area (Å²) in [6.07, 6.45) is 0. The molecule has 0 amide bonds. The fourth-order valence-electron chi connectivity index (χ4n) is 2.27. The summed E-state index contributed by atoms with van der Waals surface area (Å²) in [7, 11) is 0. The maximum atomic E-state index is 13.5. The quantitative estimate of drug-likeness (QED) is 0.868. The molecule has 0 saturated carbocycles. The molecular formula is C15H14FNO2. The van der Waals surface area contributed by atoms with Crippen molar-refractivity contribution < 1.29 is 14.2 Å². The normalized spacial score (nSPS) is 16.8. The van der Waals surface area contributed by atoms with Crippen LogP contribution in [-0.2, 0) is 0 Å². The first-order chi connectivity index (χ1) is 9.15. The minimum atomic E-state index is -0.227. The van der Waals surface area contributed by atoms with Gasteiger partial charge in [-0.1, -0.05) is 6.07 Å². The zero-order valence-electron chi connectivity index (χ0n) is 10.5. The van der Waals surface area contributed by atoms with Gasteiger partial charge in [-0.15, -0.1) is 0 Å². The highest BCUT2D eigenvalue weighted by atomic mass is 19.1. The largest absolute Gasteiger partial charge is 0.508 e. The van der Waals surface area contributed by atoms with E-state index in [0.29, 0.717) is 17.9 Å². The molecule has 0 saturated heterocycles. The second-order valence-corrected chi connectivity index (χ2v) is 4.64. The summed E-state index contributed by atoms with van der Waals surface area (Å²) >= 11 is 0. The average molecular weight is 259 g/mol. The predicted octanol–water partition coefficient (Wildman–Crippen LogP) is 3.39. The first-order valence-electron chi connectivity index (χ1n) is 6.12. The summed E-state index contributed by atoms with van der Waals surface area (Å²) < 4.78 is 19.0. The minimum absolute atomic E-state index is 0.0314. The number of phenols is 1. The van der Waals surface area contributed by atoms with E-state index in [-0.39, 0.29) is 17.6 Å². The maximum Gasteiger partial charge on any atom is 0.128 e. The first kappa shape index (κ1) is 11.8. The van der Waals surface area contributed by atoms with Gasteiger partial charge in [0.15, 0.2) is 0 Å². The lowest BCUT2D eigenvalue weighted by Crippen LogP contribution is -2.13. The smallest absolute Gasteiger partial charge is 0.128 e. The predicted molar refractivity (Wildman–Crippen MR) is 71.1 cm³/mol. The van der Waals surface area contributed by atoms with E-state index in [1.165, 1.54) is 6.07 Å². The Kier molecular flexibility index (Phi) is 2.78. The zero-order chi connectivity index (χ0) is 13.4. The fraction of sp³-hybridized carbons (Fsp3) is 0.200. The topological polar surface area (TPSA) is 41.5 Å². The van der Waals surface area contributed by atoms with E-state index < -0.39 is 0 Å². The maximum absolute atomic E-state index is 13.5. The molecule has 1 aliphatic heterocycles. The number of ether oxygens (including phenoxy) is 1. The van der Waals surface area contributed by atoms with E-state index in [4.69, 9.17) is 4.74 Å². The molecule has 1 aliphatic rings. The number of hydrogen-bond acceptors (Lipinski definition) is 3. The summed E-state index contributed by atoms with van der Waals surface area (Å²) in [5, 5.41) is 12.7. The van der Waals surface area contributed by atoms with Gasteiger partial charge in [0.2, 0.25) is 0 Å². The molecule has 0 spiro atoms. The molecule has 1 unspecified atom stereocenters. The number of fused-ring (bicyclic) bond motifs is 1. The van der Waals surface area contributed by atoms with E-state index in [9.17, 15) is 9.50 Å². The molecule has 4 heteroatoms. The van der Waals surface area contributed by atoms with Gasteiger partial charge in [0.25, 0.3) is 0 Å². The van der Waals surface area contributed by atoms with Crippen LogP contribution >= 0.6 is 0 Å². The molecule has 2 N–H and O–H groups in total. The van der Waals surface area contributed by atoms with Crippen molar-refractivity contribution in [1.82, 2.24) is 0 Å². The Morgan fingerprint density at radius 3 is 3.00 bits per heavy atom. The number of halogens is 1. The summed E-state index contributed by atoms with van der Waals surface area (Å²) in [5.74, 6) is 0.628. The van der Waals surface area contributed by atoms with Crippen LogP contribution in [0.1, 0.15) is 17.2 Å². The first-order valence-corrected chi connectivity index (χ1v) is 6.12. The molecule has 98 valence electrons. The Labute approximate surface area is 110 Å². The number of anilines is 1. The van der Waals surface area contributed by atoms with Gasteiger partial charge in [-0.25, -0.2) is 4.39 Å². The van der Waals surface area contributed by atoms with Gasteiger partial charge >= 0.3 is 0 Å². The van der Waals surface area contributed by atoms with Crippen LogP contribution in [0.2, 0.25) is 0 Å². The third-order valence-electron chi connectivity index (χ3n) is 3.38. The lowest BCUT2D eigenvalue weighted by molar-refractivity contribution is 0.338. The highest BCUT2D eigenvalue weighted by Crippen LogP contribution is 2.37. The van der Waals surface area contributed by atoms with Gasteiger partial charge in [0.05, 0.1) is 6.04 Å². The molecule has 0 aliphatic carbocycles. The molecule has 3 rings (SSSR count). The Balaban J connectivity index is 1.89. The van der Waals surface area contributed by atoms with Crippen molar-refractivity contribution >= 4 is 5.69 Å². The van der Waals surface area contributed by atoms with Gasteiger partial charge < -0.3 is 15.2 Å². The molecule has 19 heavy (non-hydrogen) atoms. The Morgan fingerprint density at radius 1 is 1.32 bits per heavy atom.